The maximum absolute atomic E-state index is 5.64. The number of nitrogens with two attached hydrogens (primary N) is 1. The Morgan fingerprint density at radius 2 is 2.31 bits per heavy atom. The molecule has 16 heavy (non-hydrogen) atoms. The second-order valence-electron chi connectivity index (χ2n) is 5.32. The van der Waals surface area contributed by atoms with Gasteiger partial charge < -0.3 is 5.73 Å². The molecule has 3 rings (SSSR count). The Kier molecular flexibility index (Phi) is 2.42. The average Bonchev–Trinajstić information content (AvgIpc) is 3.02. The molecule has 0 aliphatic heterocycles. The summed E-state index contributed by atoms with van der Waals surface area (Å²) in [5, 5.41) is 11.8. The van der Waals surface area contributed by atoms with Crippen LogP contribution in [0.15, 0.2) is 0 Å². The van der Waals surface area contributed by atoms with Gasteiger partial charge in [0.05, 0.1) is 12.6 Å². The summed E-state index contributed by atoms with van der Waals surface area (Å²) in [7, 11) is 0. The summed E-state index contributed by atoms with van der Waals surface area (Å²) in [6.07, 6.45) is 5.62. The third kappa shape index (κ3) is 1.45. The Balaban J connectivity index is 1.80. The van der Waals surface area contributed by atoms with Crippen molar-refractivity contribution in [3.8, 4) is 0 Å². The van der Waals surface area contributed by atoms with Crippen molar-refractivity contribution >= 4 is 0 Å². The number of aromatic nitrogens is 4. The lowest BCUT2D eigenvalue weighted by Gasteiger charge is -2.28. The van der Waals surface area contributed by atoms with E-state index in [1.807, 2.05) is 4.68 Å². The van der Waals surface area contributed by atoms with Gasteiger partial charge >= 0.3 is 0 Å². The molecule has 4 atom stereocenters. The molecule has 0 spiro atoms. The molecule has 2 aliphatic carbocycles. The fourth-order valence-electron chi connectivity index (χ4n) is 3.73. The van der Waals surface area contributed by atoms with Crippen LogP contribution in [-0.2, 0) is 6.54 Å². The van der Waals surface area contributed by atoms with Crippen molar-refractivity contribution in [3.63, 3.8) is 0 Å². The first-order valence-electron chi connectivity index (χ1n) is 6.26. The lowest BCUT2D eigenvalue weighted by Crippen LogP contribution is -2.25. The second kappa shape index (κ2) is 3.80. The number of fused-ring (bicyclic) bond motifs is 2. The summed E-state index contributed by atoms with van der Waals surface area (Å²) in [5.74, 6) is 3.44. The summed E-state index contributed by atoms with van der Waals surface area (Å²) in [5.41, 5.74) is 5.64. The van der Waals surface area contributed by atoms with E-state index in [0.717, 1.165) is 23.6 Å². The van der Waals surface area contributed by atoms with Crippen LogP contribution in [0.1, 0.15) is 44.5 Å². The molecule has 1 heterocycles. The Morgan fingerprint density at radius 3 is 2.94 bits per heavy atom. The molecule has 88 valence electrons. The largest absolute Gasteiger partial charge is 0.324 e. The van der Waals surface area contributed by atoms with Gasteiger partial charge in [-0.05, 0) is 54.4 Å². The van der Waals surface area contributed by atoms with Crippen LogP contribution in [-0.4, -0.2) is 20.2 Å². The van der Waals surface area contributed by atoms with Gasteiger partial charge in [0.15, 0.2) is 5.82 Å². The van der Waals surface area contributed by atoms with Crippen molar-refractivity contribution in [2.24, 2.45) is 23.5 Å². The van der Waals surface area contributed by atoms with E-state index in [1.165, 1.54) is 25.7 Å². The van der Waals surface area contributed by atoms with E-state index in [9.17, 15) is 0 Å². The van der Waals surface area contributed by atoms with Crippen LogP contribution in [0.2, 0.25) is 0 Å². The molecule has 2 bridgehead atoms. The summed E-state index contributed by atoms with van der Waals surface area (Å²) >= 11 is 0. The van der Waals surface area contributed by atoms with Gasteiger partial charge in [0.1, 0.15) is 0 Å². The molecule has 0 amide bonds. The Bertz CT molecular complexity index is 374. The van der Waals surface area contributed by atoms with Crippen molar-refractivity contribution < 1.29 is 0 Å². The van der Waals surface area contributed by atoms with Crippen LogP contribution >= 0.6 is 0 Å². The van der Waals surface area contributed by atoms with Gasteiger partial charge in [-0.1, -0.05) is 6.42 Å². The van der Waals surface area contributed by atoms with E-state index in [2.05, 4.69) is 22.4 Å². The van der Waals surface area contributed by atoms with E-state index in [0.29, 0.717) is 12.6 Å². The molecular formula is C11H19N5. The summed E-state index contributed by atoms with van der Waals surface area (Å²) in [6, 6.07) is 0.406. The predicted molar refractivity (Wildman–Crippen MR) is 59.4 cm³/mol. The molecule has 4 unspecified atom stereocenters. The SMILES string of the molecule is CC(C1CC2CCC1C2)n1nnnc1CN. The summed E-state index contributed by atoms with van der Waals surface area (Å²) in [6.45, 7) is 2.67. The maximum atomic E-state index is 5.64. The van der Waals surface area contributed by atoms with Gasteiger partial charge in [-0.15, -0.1) is 5.10 Å². The maximum Gasteiger partial charge on any atom is 0.165 e. The molecule has 0 saturated heterocycles. The smallest absolute Gasteiger partial charge is 0.165 e. The molecule has 2 aliphatic rings. The van der Waals surface area contributed by atoms with Gasteiger partial charge in [0.2, 0.25) is 0 Å². The zero-order valence-electron chi connectivity index (χ0n) is 9.71. The first-order chi connectivity index (χ1) is 7.79. The predicted octanol–water partition coefficient (Wildman–Crippen LogP) is 1.13. The minimum Gasteiger partial charge on any atom is -0.324 e. The highest BCUT2D eigenvalue weighted by molar-refractivity contribution is 4.95. The van der Waals surface area contributed by atoms with Crippen LogP contribution in [0, 0.1) is 17.8 Å². The van der Waals surface area contributed by atoms with Gasteiger partial charge in [-0.25, -0.2) is 4.68 Å². The van der Waals surface area contributed by atoms with Gasteiger partial charge in [-0.2, -0.15) is 0 Å². The molecular weight excluding hydrogens is 202 g/mol. The van der Waals surface area contributed by atoms with Gasteiger partial charge in [-0.3, -0.25) is 0 Å². The van der Waals surface area contributed by atoms with Crippen LogP contribution < -0.4 is 5.73 Å². The minimum absolute atomic E-state index is 0.406. The van der Waals surface area contributed by atoms with Crippen LogP contribution in [0.5, 0.6) is 0 Å². The van der Waals surface area contributed by atoms with Crippen molar-refractivity contribution in [3.05, 3.63) is 5.82 Å². The van der Waals surface area contributed by atoms with Crippen molar-refractivity contribution in [2.45, 2.75) is 45.2 Å². The van der Waals surface area contributed by atoms with E-state index in [-0.39, 0.29) is 0 Å². The molecule has 2 saturated carbocycles. The first-order valence-corrected chi connectivity index (χ1v) is 6.26. The number of hydrogen-bond donors (Lipinski definition) is 1. The Morgan fingerprint density at radius 1 is 1.44 bits per heavy atom. The Labute approximate surface area is 95.4 Å². The van der Waals surface area contributed by atoms with E-state index < -0.39 is 0 Å². The van der Waals surface area contributed by atoms with Gasteiger partial charge in [0.25, 0.3) is 0 Å². The fraction of sp³-hybridized carbons (Fsp3) is 0.909. The average molecular weight is 221 g/mol. The van der Waals surface area contributed by atoms with Crippen molar-refractivity contribution in [1.82, 2.24) is 20.2 Å². The minimum atomic E-state index is 0.406. The standard InChI is InChI=1S/C11H19N5/c1-7(16-11(6-12)13-14-15-16)10-5-8-2-3-9(10)4-8/h7-10H,2-6,12H2,1H3. The fourth-order valence-corrected chi connectivity index (χ4v) is 3.73. The second-order valence-corrected chi connectivity index (χ2v) is 5.32. The molecule has 0 aromatic carbocycles. The van der Waals surface area contributed by atoms with Crippen molar-refractivity contribution in [1.29, 1.82) is 0 Å². The monoisotopic (exact) mass is 221 g/mol. The molecule has 1 aromatic rings. The zero-order chi connectivity index (χ0) is 11.1. The third-order valence-corrected chi connectivity index (χ3v) is 4.54. The summed E-state index contributed by atoms with van der Waals surface area (Å²) < 4.78 is 1.94. The first kappa shape index (κ1) is 10.2. The van der Waals surface area contributed by atoms with Gasteiger partial charge in [0, 0.05) is 0 Å². The Hall–Kier alpha value is -0.970. The lowest BCUT2D eigenvalue weighted by molar-refractivity contribution is 0.224. The third-order valence-electron chi connectivity index (χ3n) is 4.54. The van der Waals surface area contributed by atoms with Crippen LogP contribution in [0.3, 0.4) is 0 Å². The van der Waals surface area contributed by atoms with E-state index >= 15 is 0 Å². The normalized spacial score (nSPS) is 34.5. The van der Waals surface area contributed by atoms with E-state index in [4.69, 9.17) is 5.73 Å². The van der Waals surface area contributed by atoms with Crippen LogP contribution in [0.25, 0.3) is 0 Å². The highest BCUT2D eigenvalue weighted by Crippen LogP contribution is 2.51. The van der Waals surface area contributed by atoms with Crippen molar-refractivity contribution in [2.75, 3.05) is 0 Å². The molecule has 0 radical (unpaired) electrons. The molecule has 5 nitrogen and oxygen atoms in total. The highest BCUT2D eigenvalue weighted by atomic mass is 15.6. The molecule has 5 heteroatoms. The number of tetrazole rings is 1. The van der Waals surface area contributed by atoms with E-state index in [1.54, 1.807) is 0 Å². The summed E-state index contributed by atoms with van der Waals surface area (Å²) in [4.78, 5) is 0. The number of nitrogens with zero attached hydrogens (tertiary/aromatic N) is 4. The molecule has 2 N–H and O–H groups in total. The molecule has 1 aromatic heterocycles. The number of rotatable bonds is 3. The highest BCUT2D eigenvalue weighted by Gasteiger charge is 2.42. The lowest BCUT2D eigenvalue weighted by atomic mass is 9.84. The topological polar surface area (TPSA) is 69.6 Å². The van der Waals surface area contributed by atoms with Crippen LogP contribution in [0.4, 0.5) is 0 Å². The molecule has 2 fully saturated rings. The number of hydrogen-bond acceptors (Lipinski definition) is 4. The quantitative estimate of drug-likeness (QED) is 0.830. The zero-order valence-corrected chi connectivity index (χ0v) is 9.71.